The van der Waals surface area contributed by atoms with E-state index < -0.39 is 0 Å². The van der Waals surface area contributed by atoms with Gasteiger partial charge in [-0.05, 0) is 46.8 Å². The average Bonchev–Trinajstić information content (AvgIpc) is 2.27. The van der Waals surface area contributed by atoms with Crippen LogP contribution in [0.15, 0.2) is 29.3 Å². The fraction of sp³-hybridized carbons (Fsp3) is 0.533. The first-order valence-corrected chi connectivity index (χ1v) is 6.58. The summed E-state index contributed by atoms with van der Waals surface area (Å²) in [4.78, 5) is 4.28. The first-order chi connectivity index (χ1) is 8.76. The number of ether oxygens (including phenoxy) is 1. The van der Waals surface area contributed by atoms with Gasteiger partial charge in [0.15, 0.2) is 5.96 Å². The van der Waals surface area contributed by atoms with E-state index in [-0.39, 0.29) is 11.6 Å². The Morgan fingerprint density at radius 2 is 1.89 bits per heavy atom. The van der Waals surface area contributed by atoms with Gasteiger partial charge < -0.3 is 15.8 Å². The van der Waals surface area contributed by atoms with E-state index in [1.54, 1.807) is 0 Å². The van der Waals surface area contributed by atoms with Crippen LogP contribution >= 0.6 is 0 Å². The minimum absolute atomic E-state index is 0.0111. The number of aliphatic imine (C=N–C) groups is 1. The molecule has 4 nitrogen and oxygen atoms in total. The highest BCUT2D eigenvalue weighted by atomic mass is 16.5. The summed E-state index contributed by atoms with van der Waals surface area (Å²) in [6, 6.07) is 7.99. The number of nitrogens with zero attached hydrogens (tertiary/aromatic N) is 1. The highest BCUT2D eigenvalue weighted by molar-refractivity contribution is 5.78. The van der Waals surface area contributed by atoms with Crippen molar-refractivity contribution < 1.29 is 4.74 Å². The van der Waals surface area contributed by atoms with Gasteiger partial charge in [-0.2, -0.15) is 0 Å². The zero-order valence-corrected chi connectivity index (χ0v) is 12.5. The predicted molar refractivity (Wildman–Crippen MR) is 80.6 cm³/mol. The minimum atomic E-state index is -0.0748. The molecule has 1 unspecified atom stereocenters. The molecule has 0 bridgehead atoms. The van der Waals surface area contributed by atoms with Gasteiger partial charge in [-0.25, -0.2) is 4.99 Å². The maximum absolute atomic E-state index is 5.80. The van der Waals surface area contributed by atoms with Crippen molar-refractivity contribution in [2.45, 2.75) is 46.3 Å². The normalized spacial score (nSPS) is 14.1. The molecule has 106 valence electrons. The Labute approximate surface area is 116 Å². The number of aryl methyl sites for hydroxylation is 1. The fourth-order valence-corrected chi connectivity index (χ4v) is 1.54. The molecule has 0 saturated carbocycles. The van der Waals surface area contributed by atoms with Crippen LogP contribution in [-0.4, -0.2) is 24.1 Å². The molecule has 19 heavy (non-hydrogen) atoms. The van der Waals surface area contributed by atoms with E-state index in [1.165, 1.54) is 5.56 Å². The summed E-state index contributed by atoms with van der Waals surface area (Å²) < 4.78 is 5.76. The zero-order valence-electron chi connectivity index (χ0n) is 12.5. The molecule has 0 spiro atoms. The molecular weight excluding hydrogens is 238 g/mol. The molecule has 0 heterocycles. The lowest BCUT2D eigenvalue weighted by atomic mass is 10.1. The third-order valence-electron chi connectivity index (χ3n) is 2.38. The Kier molecular flexibility index (Phi) is 5.21. The van der Waals surface area contributed by atoms with Crippen molar-refractivity contribution in [1.29, 1.82) is 0 Å². The van der Waals surface area contributed by atoms with Gasteiger partial charge >= 0.3 is 0 Å². The minimum Gasteiger partial charge on any atom is -0.489 e. The standard InChI is InChI=1S/C15H25N3O/c1-11-6-8-13(9-7-11)19-12(2)10-17-14(16)18-15(3,4)5/h6-9,12H,10H2,1-5H3,(H3,16,17,18). The number of rotatable bonds is 4. The SMILES string of the molecule is Cc1ccc(OC(C)CN=C(N)NC(C)(C)C)cc1. The van der Waals surface area contributed by atoms with Gasteiger partial charge in [-0.3, -0.25) is 0 Å². The molecule has 0 fully saturated rings. The molecule has 0 saturated heterocycles. The number of nitrogens with one attached hydrogen (secondary N) is 1. The topological polar surface area (TPSA) is 59.6 Å². The van der Waals surface area contributed by atoms with Crippen molar-refractivity contribution >= 4 is 5.96 Å². The number of guanidine groups is 1. The molecule has 1 aromatic carbocycles. The summed E-state index contributed by atoms with van der Waals surface area (Å²) in [5, 5.41) is 3.12. The quantitative estimate of drug-likeness (QED) is 0.648. The van der Waals surface area contributed by atoms with E-state index in [2.05, 4.69) is 17.2 Å². The van der Waals surface area contributed by atoms with Crippen LogP contribution in [0.1, 0.15) is 33.3 Å². The van der Waals surface area contributed by atoms with E-state index in [9.17, 15) is 0 Å². The van der Waals surface area contributed by atoms with Crippen LogP contribution in [0.4, 0.5) is 0 Å². The van der Waals surface area contributed by atoms with Gasteiger partial charge in [-0.15, -0.1) is 0 Å². The number of hydrogen-bond acceptors (Lipinski definition) is 2. The monoisotopic (exact) mass is 263 g/mol. The van der Waals surface area contributed by atoms with Gasteiger partial charge in [0.2, 0.25) is 0 Å². The third-order valence-corrected chi connectivity index (χ3v) is 2.38. The van der Waals surface area contributed by atoms with E-state index >= 15 is 0 Å². The Morgan fingerprint density at radius 3 is 2.42 bits per heavy atom. The third kappa shape index (κ3) is 6.70. The van der Waals surface area contributed by atoms with Crippen LogP contribution in [0.25, 0.3) is 0 Å². The summed E-state index contributed by atoms with van der Waals surface area (Å²) >= 11 is 0. The summed E-state index contributed by atoms with van der Waals surface area (Å²) in [5.74, 6) is 1.31. The predicted octanol–water partition coefficient (Wildman–Crippen LogP) is 2.47. The molecule has 0 amide bonds. The van der Waals surface area contributed by atoms with Crippen molar-refractivity contribution in [2.24, 2.45) is 10.7 Å². The van der Waals surface area contributed by atoms with Crippen molar-refractivity contribution in [2.75, 3.05) is 6.54 Å². The van der Waals surface area contributed by atoms with Crippen molar-refractivity contribution in [3.05, 3.63) is 29.8 Å². The Hall–Kier alpha value is -1.71. The van der Waals surface area contributed by atoms with Crippen molar-refractivity contribution in [1.82, 2.24) is 5.32 Å². The summed E-state index contributed by atoms with van der Waals surface area (Å²) in [6.07, 6.45) is -0.0111. The number of hydrogen-bond donors (Lipinski definition) is 2. The molecule has 0 aromatic heterocycles. The zero-order chi connectivity index (χ0) is 14.5. The van der Waals surface area contributed by atoms with E-state index in [1.807, 2.05) is 52.0 Å². The van der Waals surface area contributed by atoms with E-state index in [4.69, 9.17) is 10.5 Å². The largest absolute Gasteiger partial charge is 0.489 e. The maximum Gasteiger partial charge on any atom is 0.189 e. The van der Waals surface area contributed by atoms with E-state index in [0.29, 0.717) is 12.5 Å². The molecule has 1 rings (SSSR count). The molecule has 1 aromatic rings. The van der Waals surface area contributed by atoms with Crippen LogP contribution in [0.3, 0.4) is 0 Å². The molecule has 4 heteroatoms. The second kappa shape index (κ2) is 6.45. The van der Waals surface area contributed by atoms with Crippen LogP contribution in [-0.2, 0) is 0 Å². The van der Waals surface area contributed by atoms with E-state index in [0.717, 1.165) is 5.75 Å². The maximum atomic E-state index is 5.80. The summed E-state index contributed by atoms with van der Waals surface area (Å²) in [6.45, 7) is 10.7. The molecule has 0 radical (unpaired) electrons. The average molecular weight is 263 g/mol. The van der Waals surface area contributed by atoms with Crippen LogP contribution in [0.5, 0.6) is 5.75 Å². The second-order valence-corrected chi connectivity index (χ2v) is 5.84. The van der Waals surface area contributed by atoms with Gasteiger partial charge in [0.1, 0.15) is 11.9 Å². The molecule has 1 atom stereocenters. The molecular formula is C15H25N3O. The summed E-state index contributed by atoms with van der Waals surface area (Å²) in [5.41, 5.74) is 6.95. The van der Waals surface area contributed by atoms with Crippen LogP contribution in [0.2, 0.25) is 0 Å². The smallest absolute Gasteiger partial charge is 0.189 e. The molecule has 0 aliphatic rings. The van der Waals surface area contributed by atoms with Crippen molar-refractivity contribution in [3.8, 4) is 5.75 Å². The van der Waals surface area contributed by atoms with Gasteiger partial charge in [0, 0.05) is 5.54 Å². The van der Waals surface area contributed by atoms with Gasteiger partial charge in [0.25, 0.3) is 0 Å². The lowest BCUT2D eigenvalue weighted by molar-refractivity contribution is 0.230. The molecule has 3 N–H and O–H groups in total. The summed E-state index contributed by atoms with van der Waals surface area (Å²) in [7, 11) is 0. The van der Waals surface area contributed by atoms with Crippen LogP contribution in [0, 0.1) is 6.92 Å². The van der Waals surface area contributed by atoms with Gasteiger partial charge in [0.05, 0.1) is 6.54 Å². The second-order valence-electron chi connectivity index (χ2n) is 5.84. The number of benzene rings is 1. The molecule has 0 aliphatic heterocycles. The Bertz CT molecular complexity index is 418. The first kappa shape index (κ1) is 15.3. The highest BCUT2D eigenvalue weighted by Crippen LogP contribution is 2.13. The Morgan fingerprint density at radius 1 is 1.32 bits per heavy atom. The lowest BCUT2D eigenvalue weighted by Gasteiger charge is -2.21. The Balaban J connectivity index is 2.45. The molecule has 0 aliphatic carbocycles. The first-order valence-electron chi connectivity index (χ1n) is 6.58. The lowest BCUT2D eigenvalue weighted by Crippen LogP contribution is -2.45. The fourth-order valence-electron chi connectivity index (χ4n) is 1.54. The highest BCUT2D eigenvalue weighted by Gasteiger charge is 2.10. The van der Waals surface area contributed by atoms with Gasteiger partial charge in [-0.1, -0.05) is 17.7 Å². The number of nitrogens with two attached hydrogens (primary N) is 1. The van der Waals surface area contributed by atoms with Crippen LogP contribution < -0.4 is 15.8 Å². The van der Waals surface area contributed by atoms with Crippen molar-refractivity contribution in [3.63, 3.8) is 0 Å².